The molecule has 5 aromatic carbocycles. The average molecular weight is 567 g/mol. The van der Waals surface area contributed by atoms with Crippen molar-refractivity contribution in [1.29, 1.82) is 0 Å². The molecule has 1 amide bonds. The maximum atomic E-state index is 15.3. The lowest BCUT2D eigenvalue weighted by molar-refractivity contribution is -0.113. The van der Waals surface area contributed by atoms with E-state index < -0.39 is 13.5 Å². The molecule has 0 spiro atoms. The molecule has 0 bridgehead atoms. The highest BCUT2D eigenvalue weighted by molar-refractivity contribution is 8.64. The highest BCUT2D eigenvalue weighted by Gasteiger charge is 2.35. The Morgan fingerprint density at radius 3 is 1.33 bits per heavy atom. The van der Waals surface area contributed by atoms with Gasteiger partial charge in [0.05, 0.1) is 12.0 Å². The fourth-order valence-corrected chi connectivity index (χ4v) is 15.0. The van der Waals surface area contributed by atoms with Crippen molar-refractivity contribution in [2.45, 2.75) is 0 Å². The SMILES string of the molecule is O=C(CSP(=NP(=O)(c1ccccc1)c1ccccc1)(c1ccccc1)c1ccccc1)Nc1ccccc1. The number of hydrogen-bond acceptors (Lipinski definition) is 3. The second-order valence-corrected chi connectivity index (χ2v) is 16.8. The summed E-state index contributed by atoms with van der Waals surface area (Å²) in [5.74, 6) is 0.0198. The minimum atomic E-state index is -3.48. The summed E-state index contributed by atoms with van der Waals surface area (Å²) in [7, 11) is -3.48. The van der Waals surface area contributed by atoms with Gasteiger partial charge < -0.3 is 5.32 Å². The molecule has 0 saturated carbocycles. The molecule has 0 aliphatic rings. The second-order valence-electron chi connectivity index (χ2n) is 8.77. The first-order valence-electron chi connectivity index (χ1n) is 12.6. The van der Waals surface area contributed by atoms with Gasteiger partial charge in [0.2, 0.25) is 13.2 Å². The zero-order valence-corrected chi connectivity index (χ0v) is 23.8. The van der Waals surface area contributed by atoms with E-state index in [1.807, 2.05) is 152 Å². The molecule has 0 atom stereocenters. The fraction of sp³-hybridized carbons (Fsp3) is 0.0312. The second kappa shape index (κ2) is 12.5. The number of rotatable bonds is 9. The number of para-hydroxylation sites is 1. The van der Waals surface area contributed by atoms with Gasteiger partial charge in [-0.15, -0.1) is 0 Å². The summed E-state index contributed by atoms with van der Waals surface area (Å²) in [5, 5.41) is 6.25. The van der Waals surface area contributed by atoms with Crippen LogP contribution in [0.3, 0.4) is 0 Å². The summed E-state index contributed by atoms with van der Waals surface area (Å²) in [6.07, 6.45) is -2.79. The van der Waals surface area contributed by atoms with E-state index in [0.29, 0.717) is 10.6 Å². The van der Waals surface area contributed by atoms with Crippen molar-refractivity contribution in [3.8, 4) is 0 Å². The third kappa shape index (κ3) is 6.18. The van der Waals surface area contributed by atoms with Gasteiger partial charge in [-0.2, -0.15) is 0 Å². The minimum absolute atomic E-state index is 0.133. The van der Waals surface area contributed by atoms with Gasteiger partial charge in [0.1, 0.15) is 0 Å². The molecule has 0 aliphatic heterocycles. The van der Waals surface area contributed by atoms with E-state index in [1.54, 1.807) is 0 Å². The number of carbonyl (C=O) groups is 1. The van der Waals surface area contributed by atoms with Crippen molar-refractivity contribution in [2.75, 3.05) is 11.1 Å². The summed E-state index contributed by atoms with van der Waals surface area (Å²) < 4.78 is 20.7. The Morgan fingerprint density at radius 2 is 0.923 bits per heavy atom. The molecule has 0 heterocycles. The molecule has 0 aliphatic carbocycles. The van der Waals surface area contributed by atoms with Crippen LogP contribution in [0, 0.1) is 0 Å². The molecular weight excluding hydrogens is 538 g/mol. The molecule has 1 N–H and O–H groups in total. The van der Waals surface area contributed by atoms with E-state index in [4.69, 9.17) is 4.52 Å². The molecule has 0 unspecified atom stereocenters. The molecule has 0 saturated heterocycles. The maximum absolute atomic E-state index is 15.3. The lowest BCUT2D eigenvalue weighted by Crippen LogP contribution is -2.20. The molecule has 0 aromatic heterocycles. The van der Waals surface area contributed by atoms with Gasteiger partial charge in [-0.05, 0) is 36.4 Å². The number of benzene rings is 5. The van der Waals surface area contributed by atoms with Crippen molar-refractivity contribution >= 4 is 57.7 Å². The van der Waals surface area contributed by atoms with Crippen molar-refractivity contribution in [2.24, 2.45) is 4.52 Å². The van der Waals surface area contributed by atoms with Crippen molar-refractivity contribution in [1.82, 2.24) is 0 Å². The van der Waals surface area contributed by atoms with Gasteiger partial charge in [0.15, 0.2) is 0 Å². The van der Waals surface area contributed by atoms with Crippen molar-refractivity contribution in [3.05, 3.63) is 152 Å². The van der Waals surface area contributed by atoms with E-state index >= 15 is 4.57 Å². The smallest absolute Gasteiger partial charge is 0.247 e. The highest BCUT2D eigenvalue weighted by Crippen LogP contribution is 2.67. The van der Waals surface area contributed by atoms with Crippen LogP contribution >= 0.6 is 24.9 Å². The summed E-state index contributed by atoms with van der Waals surface area (Å²) in [4.78, 5) is 13.2. The Morgan fingerprint density at radius 1 is 0.564 bits per heavy atom. The summed E-state index contributed by atoms with van der Waals surface area (Å²) in [6.45, 7) is 0. The third-order valence-electron chi connectivity index (χ3n) is 6.12. The molecule has 4 nitrogen and oxygen atoms in total. The lowest BCUT2D eigenvalue weighted by atomic mass is 10.3. The number of amides is 1. The Bertz CT molecular complexity index is 1530. The van der Waals surface area contributed by atoms with E-state index in [-0.39, 0.29) is 11.7 Å². The highest BCUT2D eigenvalue weighted by atomic mass is 32.7. The lowest BCUT2D eigenvalue weighted by Gasteiger charge is -2.28. The zero-order chi connectivity index (χ0) is 27.0. The average Bonchev–Trinajstić information content (AvgIpc) is 3.01. The van der Waals surface area contributed by atoms with E-state index in [1.165, 1.54) is 11.4 Å². The van der Waals surface area contributed by atoms with Gasteiger partial charge >= 0.3 is 0 Å². The van der Waals surface area contributed by atoms with Gasteiger partial charge in [-0.25, -0.2) is 4.52 Å². The van der Waals surface area contributed by atoms with Crippen LogP contribution in [0.1, 0.15) is 0 Å². The normalized spacial score (nSPS) is 11.5. The van der Waals surface area contributed by atoms with Gasteiger partial charge in [-0.1, -0.05) is 127 Å². The molecular formula is C32H28N2O2P2S. The van der Waals surface area contributed by atoms with Crippen LogP contribution in [0.2, 0.25) is 0 Å². The quantitative estimate of drug-likeness (QED) is 0.195. The third-order valence-corrected chi connectivity index (χ3v) is 16.3. The largest absolute Gasteiger partial charge is 0.325 e. The van der Waals surface area contributed by atoms with Crippen LogP contribution in [-0.2, 0) is 9.36 Å². The number of carbonyl (C=O) groups excluding carboxylic acids is 1. The van der Waals surface area contributed by atoms with Crippen LogP contribution in [-0.4, -0.2) is 11.7 Å². The van der Waals surface area contributed by atoms with Gasteiger partial charge in [0.25, 0.3) is 0 Å². The molecule has 5 rings (SSSR count). The number of nitrogens with one attached hydrogen (secondary N) is 1. The number of anilines is 1. The Balaban J connectivity index is 1.72. The Labute approximate surface area is 233 Å². The van der Waals surface area contributed by atoms with E-state index in [9.17, 15) is 4.79 Å². The van der Waals surface area contributed by atoms with Crippen LogP contribution in [0.25, 0.3) is 0 Å². The summed E-state index contributed by atoms with van der Waals surface area (Å²) in [6, 6.07) is 48.3. The molecule has 7 heteroatoms. The van der Waals surface area contributed by atoms with Crippen molar-refractivity contribution < 1.29 is 9.36 Å². The van der Waals surface area contributed by atoms with Crippen LogP contribution < -0.4 is 26.5 Å². The predicted molar refractivity (Wildman–Crippen MR) is 169 cm³/mol. The van der Waals surface area contributed by atoms with E-state index in [2.05, 4.69) is 5.32 Å². The summed E-state index contributed by atoms with van der Waals surface area (Å²) in [5.41, 5.74) is 0.739. The number of nitrogens with zero attached hydrogens (tertiary/aromatic N) is 1. The predicted octanol–water partition coefficient (Wildman–Crippen LogP) is 7.05. The molecule has 0 fully saturated rings. The van der Waals surface area contributed by atoms with Crippen LogP contribution in [0.15, 0.2) is 156 Å². The minimum Gasteiger partial charge on any atom is -0.325 e. The number of hydrogen-bond donors (Lipinski definition) is 1. The van der Waals surface area contributed by atoms with Gasteiger partial charge in [-0.3, -0.25) is 9.36 Å². The zero-order valence-electron chi connectivity index (χ0n) is 21.2. The Hall–Kier alpha value is -3.62. The topological polar surface area (TPSA) is 58.5 Å². The van der Waals surface area contributed by atoms with Crippen LogP contribution in [0.5, 0.6) is 0 Å². The Kier molecular flexibility index (Phi) is 8.64. The maximum Gasteiger partial charge on any atom is 0.247 e. The van der Waals surface area contributed by atoms with Crippen LogP contribution in [0.4, 0.5) is 5.69 Å². The monoisotopic (exact) mass is 566 g/mol. The van der Waals surface area contributed by atoms with E-state index in [0.717, 1.165) is 16.3 Å². The summed E-state index contributed by atoms with van der Waals surface area (Å²) >= 11 is 1.48. The fourth-order valence-electron chi connectivity index (χ4n) is 4.25. The first-order valence-corrected chi connectivity index (χ1v) is 17.6. The molecule has 194 valence electrons. The first kappa shape index (κ1) is 27.0. The molecule has 0 radical (unpaired) electrons. The van der Waals surface area contributed by atoms with Gasteiger partial charge in [0, 0.05) is 26.9 Å². The standard InChI is InChI=1S/C32H28N2O2P2S/c35-32(33-27-16-6-1-7-17-27)26-39-38(30-22-12-4-13-23-30,31-24-14-5-15-25-31)34-37(36,28-18-8-2-9-19-28)29-20-10-3-11-21-29/h1-25H,26H2,(H,33,35). The van der Waals surface area contributed by atoms with Crippen molar-refractivity contribution in [3.63, 3.8) is 0 Å². The molecule has 5 aromatic rings. The molecule has 39 heavy (non-hydrogen) atoms. The first-order chi connectivity index (χ1) is 19.1.